The first-order valence-electron chi connectivity index (χ1n) is 12.7. The first kappa shape index (κ1) is 28.5. The number of halogens is 4. The Hall–Kier alpha value is -4.04. The van der Waals surface area contributed by atoms with Crippen LogP contribution in [0.5, 0.6) is 5.75 Å². The molecule has 0 aliphatic carbocycles. The number of aromatic nitrogens is 3. The zero-order chi connectivity index (χ0) is 29.0. The number of anilines is 1. The lowest BCUT2D eigenvalue weighted by molar-refractivity contribution is -0.274. The zero-order valence-electron chi connectivity index (χ0n) is 21.4. The van der Waals surface area contributed by atoms with E-state index in [4.69, 9.17) is 0 Å². The fourth-order valence-electron chi connectivity index (χ4n) is 4.55. The maximum Gasteiger partial charge on any atom is 0.573 e. The number of imide groups is 1. The second kappa shape index (κ2) is 12.2. The van der Waals surface area contributed by atoms with Crippen LogP contribution >= 0.6 is 11.8 Å². The molecule has 14 heteroatoms. The minimum absolute atomic E-state index is 0.111. The van der Waals surface area contributed by atoms with E-state index in [-0.39, 0.29) is 28.3 Å². The van der Waals surface area contributed by atoms with Crippen molar-refractivity contribution in [3.63, 3.8) is 0 Å². The van der Waals surface area contributed by atoms with Gasteiger partial charge in [0.25, 0.3) is 11.1 Å². The van der Waals surface area contributed by atoms with Crippen molar-refractivity contribution in [3.05, 3.63) is 70.8 Å². The highest BCUT2D eigenvalue weighted by Gasteiger charge is 2.32. The molecule has 0 atom stereocenters. The number of hydrogen-bond acceptors (Lipinski definition) is 9. The molecule has 2 amide bonds. The van der Waals surface area contributed by atoms with Crippen molar-refractivity contribution in [1.82, 2.24) is 25.6 Å². The Morgan fingerprint density at radius 2 is 1.93 bits per heavy atom. The van der Waals surface area contributed by atoms with Gasteiger partial charge in [-0.1, -0.05) is 12.1 Å². The van der Waals surface area contributed by atoms with Crippen LogP contribution in [-0.4, -0.2) is 52.1 Å². The summed E-state index contributed by atoms with van der Waals surface area (Å²) in [4.78, 5) is 38.3. The number of piperidine rings is 1. The number of para-hydroxylation sites is 1. The first-order valence-corrected chi connectivity index (χ1v) is 13.5. The molecule has 2 aliphatic heterocycles. The summed E-state index contributed by atoms with van der Waals surface area (Å²) in [7, 11) is 0. The smallest absolute Gasteiger partial charge is 0.405 e. The van der Waals surface area contributed by atoms with Gasteiger partial charge in [-0.25, -0.2) is 14.4 Å². The van der Waals surface area contributed by atoms with Gasteiger partial charge in [0.15, 0.2) is 0 Å². The number of rotatable bonds is 8. The Kier molecular flexibility index (Phi) is 8.49. The van der Waals surface area contributed by atoms with E-state index in [0.29, 0.717) is 37.2 Å². The number of alkyl halides is 3. The first-order chi connectivity index (χ1) is 19.6. The highest BCUT2D eigenvalue weighted by Crippen LogP contribution is 2.33. The molecule has 5 rings (SSSR count). The predicted octanol–water partition coefficient (Wildman–Crippen LogP) is 4.91. The van der Waals surface area contributed by atoms with Gasteiger partial charge in [0, 0.05) is 37.0 Å². The molecule has 0 saturated carbocycles. The molecule has 9 nitrogen and oxygen atoms in total. The van der Waals surface area contributed by atoms with Crippen LogP contribution in [0.25, 0.3) is 17.3 Å². The predicted molar refractivity (Wildman–Crippen MR) is 144 cm³/mol. The van der Waals surface area contributed by atoms with Crippen LogP contribution in [0.1, 0.15) is 24.1 Å². The second-order valence-electron chi connectivity index (χ2n) is 9.40. The standard InChI is InChI=1S/C27H24F4N6O3S/c28-20-15-34-21(19-3-1-2-4-22(19)40-27(29,30)31)11-17(20)14-32-13-16-6-9-37(10-7-16)25-33-8-5-18(35-25)12-23-24(38)36-26(39)41-23/h1-5,8,11-12,15-16,32H,6-7,9-10,13-14H2,(H,36,38,39)/b23-12+. The van der Waals surface area contributed by atoms with Gasteiger partial charge >= 0.3 is 6.36 Å². The Morgan fingerprint density at radius 1 is 1.15 bits per heavy atom. The summed E-state index contributed by atoms with van der Waals surface area (Å²) in [6.07, 6.45) is 0.957. The van der Waals surface area contributed by atoms with E-state index in [1.54, 1.807) is 24.4 Å². The molecule has 0 bridgehead atoms. The monoisotopic (exact) mass is 588 g/mol. The Bertz CT molecular complexity index is 1480. The molecule has 2 saturated heterocycles. The minimum Gasteiger partial charge on any atom is -0.405 e. The van der Waals surface area contributed by atoms with E-state index in [9.17, 15) is 27.2 Å². The van der Waals surface area contributed by atoms with Crippen LogP contribution in [0.4, 0.5) is 28.3 Å². The van der Waals surface area contributed by atoms with Gasteiger partial charge in [-0.05, 0) is 67.4 Å². The lowest BCUT2D eigenvalue weighted by Crippen LogP contribution is -2.38. The highest BCUT2D eigenvalue weighted by molar-refractivity contribution is 8.18. The Balaban J connectivity index is 1.15. The minimum atomic E-state index is -4.86. The molecule has 2 N–H and O–H groups in total. The quantitative estimate of drug-likeness (QED) is 0.280. The summed E-state index contributed by atoms with van der Waals surface area (Å²) in [6, 6.07) is 8.69. The molecule has 2 aliphatic rings. The lowest BCUT2D eigenvalue weighted by Gasteiger charge is -2.32. The molecule has 1 aromatic carbocycles. The van der Waals surface area contributed by atoms with Gasteiger partial charge in [0.1, 0.15) is 11.6 Å². The Labute approximate surface area is 236 Å². The van der Waals surface area contributed by atoms with Crippen LogP contribution in [0, 0.1) is 11.7 Å². The number of hydrogen-bond donors (Lipinski definition) is 2. The number of carbonyl (C=O) groups excluding carboxylic acids is 2. The van der Waals surface area contributed by atoms with Crippen molar-refractivity contribution in [2.24, 2.45) is 5.92 Å². The SMILES string of the molecule is O=C1NC(=O)/C(=C\c2ccnc(N3CCC(CNCc4cc(-c5ccccc5OC(F)(F)F)ncc4F)CC3)n2)S1. The van der Waals surface area contributed by atoms with E-state index in [1.165, 1.54) is 24.3 Å². The highest BCUT2D eigenvalue weighted by atomic mass is 32.2. The zero-order valence-corrected chi connectivity index (χ0v) is 22.3. The van der Waals surface area contributed by atoms with Crippen molar-refractivity contribution in [2.45, 2.75) is 25.7 Å². The van der Waals surface area contributed by atoms with Crippen LogP contribution in [-0.2, 0) is 11.3 Å². The third-order valence-corrected chi connectivity index (χ3v) is 7.37. The van der Waals surface area contributed by atoms with Crippen LogP contribution < -0.4 is 20.3 Å². The molecule has 0 unspecified atom stereocenters. The van der Waals surface area contributed by atoms with Gasteiger partial charge in [0.05, 0.1) is 22.5 Å². The van der Waals surface area contributed by atoms with Crippen molar-refractivity contribution in [3.8, 4) is 17.0 Å². The van der Waals surface area contributed by atoms with Gasteiger partial charge < -0.3 is 15.0 Å². The van der Waals surface area contributed by atoms with E-state index in [0.717, 1.165) is 30.8 Å². The molecule has 2 fully saturated rings. The normalized spacial score (nSPS) is 17.3. The van der Waals surface area contributed by atoms with Gasteiger partial charge in [-0.2, -0.15) is 0 Å². The van der Waals surface area contributed by atoms with Crippen molar-refractivity contribution < 1.29 is 31.9 Å². The van der Waals surface area contributed by atoms with E-state index in [2.05, 4.69) is 30.3 Å². The van der Waals surface area contributed by atoms with Gasteiger partial charge in [-0.15, -0.1) is 13.2 Å². The molecule has 4 heterocycles. The third-order valence-electron chi connectivity index (χ3n) is 6.55. The average Bonchev–Trinajstić information content (AvgIpc) is 3.25. The molecule has 3 aromatic rings. The van der Waals surface area contributed by atoms with Crippen LogP contribution in [0.15, 0.2) is 53.7 Å². The molecule has 0 radical (unpaired) electrons. The number of ether oxygens (including phenoxy) is 1. The summed E-state index contributed by atoms with van der Waals surface area (Å²) in [5.41, 5.74) is 1.09. The Morgan fingerprint density at radius 3 is 2.66 bits per heavy atom. The fraction of sp³-hybridized carbons (Fsp3) is 0.296. The number of pyridine rings is 1. The average molecular weight is 589 g/mol. The summed E-state index contributed by atoms with van der Waals surface area (Å²) in [6.45, 7) is 2.19. The summed E-state index contributed by atoms with van der Waals surface area (Å²) in [5, 5.41) is 5.04. The molecular formula is C27H24F4N6O3S. The molecule has 2 aromatic heterocycles. The van der Waals surface area contributed by atoms with Crippen molar-refractivity contribution in [2.75, 3.05) is 24.5 Å². The van der Waals surface area contributed by atoms with Gasteiger partial charge in [-0.3, -0.25) is 19.9 Å². The second-order valence-corrected chi connectivity index (χ2v) is 10.4. The van der Waals surface area contributed by atoms with Crippen LogP contribution in [0.2, 0.25) is 0 Å². The third kappa shape index (κ3) is 7.38. The van der Waals surface area contributed by atoms with Crippen LogP contribution in [0.3, 0.4) is 0 Å². The van der Waals surface area contributed by atoms with E-state index in [1.807, 2.05) is 4.90 Å². The molecular weight excluding hydrogens is 564 g/mol. The topological polar surface area (TPSA) is 109 Å². The number of nitrogens with one attached hydrogen (secondary N) is 2. The lowest BCUT2D eigenvalue weighted by atomic mass is 9.97. The summed E-state index contributed by atoms with van der Waals surface area (Å²) in [5.74, 6) is -0.575. The molecule has 0 spiro atoms. The van der Waals surface area contributed by atoms with Crippen molar-refractivity contribution >= 4 is 34.9 Å². The maximum atomic E-state index is 14.5. The number of amides is 2. The number of benzene rings is 1. The largest absolute Gasteiger partial charge is 0.573 e. The fourth-order valence-corrected chi connectivity index (χ4v) is 5.22. The number of carbonyl (C=O) groups is 2. The van der Waals surface area contributed by atoms with E-state index < -0.39 is 29.1 Å². The number of thioether (sulfide) groups is 1. The molecule has 214 valence electrons. The number of nitrogens with zero attached hydrogens (tertiary/aromatic N) is 4. The summed E-state index contributed by atoms with van der Waals surface area (Å²) >= 11 is 0.826. The van der Waals surface area contributed by atoms with Gasteiger partial charge in [0.2, 0.25) is 5.95 Å². The van der Waals surface area contributed by atoms with E-state index >= 15 is 0 Å². The maximum absolute atomic E-state index is 14.5. The van der Waals surface area contributed by atoms with Crippen molar-refractivity contribution in [1.29, 1.82) is 0 Å². The molecule has 41 heavy (non-hydrogen) atoms. The summed E-state index contributed by atoms with van der Waals surface area (Å²) < 4.78 is 57.0.